The van der Waals surface area contributed by atoms with E-state index in [2.05, 4.69) is 10.3 Å². The summed E-state index contributed by atoms with van der Waals surface area (Å²) in [4.78, 5) is 28.7. The van der Waals surface area contributed by atoms with Gasteiger partial charge in [0, 0.05) is 5.56 Å². The largest absolute Gasteiger partial charge is 0.459 e. The lowest BCUT2D eigenvalue weighted by Crippen LogP contribution is -2.11. The van der Waals surface area contributed by atoms with E-state index in [-0.39, 0.29) is 18.0 Å². The van der Waals surface area contributed by atoms with Gasteiger partial charge in [-0.15, -0.1) is 0 Å². The first-order valence-corrected chi connectivity index (χ1v) is 8.73. The fourth-order valence-corrected chi connectivity index (χ4v) is 3.24. The first kappa shape index (κ1) is 17.1. The van der Waals surface area contributed by atoms with E-state index in [1.807, 2.05) is 39.0 Å². The topological polar surface area (TPSA) is 68.3 Å². The molecule has 2 aromatic carbocycles. The molecular formula is C19H18N2O3S. The van der Waals surface area contributed by atoms with Gasteiger partial charge in [0.15, 0.2) is 5.13 Å². The predicted octanol–water partition coefficient (Wildman–Crippen LogP) is 4.42. The fraction of sp³-hybridized carbons (Fsp3) is 0.211. The van der Waals surface area contributed by atoms with Crippen molar-refractivity contribution >= 4 is 38.6 Å². The van der Waals surface area contributed by atoms with E-state index in [9.17, 15) is 9.59 Å². The molecule has 0 unspecified atom stereocenters. The van der Waals surface area contributed by atoms with Gasteiger partial charge in [0.25, 0.3) is 5.91 Å². The Kier molecular flexibility index (Phi) is 4.81. The quantitative estimate of drug-likeness (QED) is 0.704. The van der Waals surface area contributed by atoms with Gasteiger partial charge in [0.1, 0.15) is 0 Å². The number of fused-ring (bicyclic) bond motifs is 1. The minimum absolute atomic E-state index is 0.172. The van der Waals surface area contributed by atoms with Crippen molar-refractivity contribution in [3.8, 4) is 0 Å². The van der Waals surface area contributed by atoms with Crippen LogP contribution in [0.25, 0.3) is 10.2 Å². The zero-order valence-corrected chi connectivity index (χ0v) is 15.0. The third-order valence-electron chi connectivity index (χ3n) is 3.47. The number of hydrogen-bond acceptors (Lipinski definition) is 5. The highest BCUT2D eigenvalue weighted by Gasteiger charge is 2.13. The number of amides is 1. The standard InChI is InChI=1S/C19H18N2O3S/c1-11(2)24-18(23)14-7-8-15-16(10-14)25-19(20-15)21-17(22)13-6-4-5-12(3)9-13/h4-11H,1-3H3,(H,20,21,22). The Balaban J connectivity index is 1.81. The molecule has 0 saturated heterocycles. The number of benzene rings is 2. The summed E-state index contributed by atoms with van der Waals surface area (Å²) in [7, 11) is 0. The van der Waals surface area contributed by atoms with Gasteiger partial charge in [0.05, 0.1) is 21.9 Å². The van der Waals surface area contributed by atoms with Crippen LogP contribution in [0.4, 0.5) is 5.13 Å². The number of carbonyl (C=O) groups is 2. The fourth-order valence-electron chi connectivity index (χ4n) is 2.34. The van der Waals surface area contributed by atoms with E-state index < -0.39 is 0 Å². The van der Waals surface area contributed by atoms with Gasteiger partial charge in [-0.3, -0.25) is 10.1 Å². The summed E-state index contributed by atoms with van der Waals surface area (Å²) in [6.45, 7) is 5.55. The van der Waals surface area contributed by atoms with Crippen molar-refractivity contribution in [3.05, 3.63) is 59.2 Å². The summed E-state index contributed by atoms with van der Waals surface area (Å²) >= 11 is 1.32. The summed E-state index contributed by atoms with van der Waals surface area (Å²) < 4.78 is 6.02. The Morgan fingerprint density at radius 1 is 1.12 bits per heavy atom. The van der Waals surface area contributed by atoms with Gasteiger partial charge in [-0.2, -0.15) is 0 Å². The van der Waals surface area contributed by atoms with E-state index in [1.54, 1.807) is 24.3 Å². The highest BCUT2D eigenvalue weighted by Crippen LogP contribution is 2.27. The number of aromatic nitrogens is 1. The second-order valence-electron chi connectivity index (χ2n) is 5.98. The molecule has 0 spiro atoms. The van der Waals surface area contributed by atoms with Crippen molar-refractivity contribution in [1.82, 2.24) is 4.98 Å². The summed E-state index contributed by atoms with van der Waals surface area (Å²) in [5, 5.41) is 3.30. The Morgan fingerprint density at radius 2 is 1.92 bits per heavy atom. The van der Waals surface area contributed by atoms with Crippen LogP contribution < -0.4 is 5.32 Å². The lowest BCUT2D eigenvalue weighted by molar-refractivity contribution is 0.0378. The number of rotatable bonds is 4. The Bertz CT molecular complexity index is 947. The van der Waals surface area contributed by atoms with E-state index >= 15 is 0 Å². The molecule has 1 aromatic heterocycles. The maximum atomic E-state index is 12.3. The van der Waals surface area contributed by atoms with Crippen LogP contribution in [0.3, 0.4) is 0 Å². The van der Waals surface area contributed by atoms with Crippen LogP contribution >= 0.6 is 11.3 Å². The molecule has 0 aliphatic rings. The third-order valence-corrected chi connectivity index (χ3v) is 4.40. The van der Waals surface area contributed by atoms with E-state index in [0.29, 0.717) is 16.3 Å². The van der Waals surface area contributed by atoms with E-state index in [0.717, 1.165) is 15.8 Å². The van der Waals surface area contributed by atoms with Crippen LogP contribution in [0.15, 0.2) is 42.5 Å². The van der Waals surface area contributed by atoms with Crippen molar-refractivity contribution in [2.24, 2.45) is 0 Å². The van der Waals surface area contributed by atoms with Crippen LogP contribution in [0.1, 0.15) is 40.1 Å². The zero-order valence-electron chi connectivity index (χ0n) is 14.2. The smallest absolute Gasteiger partial charge is 0.338 e. The lowest BCUT2D eigenvalue weighted by Gasteiger charge is -2.07. The van der Waals surface area contributed by atoms with E-state index in [4.69, 9.17) is 4.74 Å². The molecule has 3 rings (SSSR count). The van der Waals surface area contributed by atoms with Gasteiger partial charge in [-0.05, 0) is 51.1 Å². The maximum Gasteiger partial charge on any atom is 0.338 e. The molecule has 1 heterocycles. The van der Waals surface area contributed by atoms with Crippen molar-refractivity contribution in [3.63, 3.8) is 0 Å². The van der Waals surface area contributed by atoms with Crippen LogP contribution in [0.2, 0.25) is 0 Å². The van der Waals surface area contributed by atoms with Crippen molar-refractivity contribution in [2.75, 3.05) is 5.32 Å². The third kappa shape index (κ3) is 4.03. The molecule has 0 radical (unpaired) electrons. The number of esters is 1. The monoisotopic (exact) mass is 354 g/mol. The number of carbonyl (C=O) groups excluding carboxylic acids is 2. The second kappa shape index (κ2) is 7.03. The Morgan fingerprint density at radius 3 is 2.64 bits per heavy atom. The van der Waals surface area contributed by atoms with Crippen molar-refractivity contribution in [2.45, 2.75) is 26.9 Å². The van der Waals surface area contributed by atoms with Gasteiger partial charge in [-0.25, -0.2) is 9.78 Å². The molecule has 1 N–H and O–H groups in total. The van der Waals surface area contributed by atoms with Crippen LogP contribution in [-0.2, 0) is 4.74 Å². The summed E-state index contributed by atoms with van der Waals surface area (Å²) in [5.41, 5.74) is 2.80. The van der Waals surface area contributed by atoms with Crippen LogP contribution in [-0.4, -0.2) is 23.0 Å². The molecule has 128 valence electrons. The second-order valence-corrected chi connectivity index (χ2v) is 7.01. The lowest BCUT2D eigenvalue weighted by atomic mass is 10.1. The minimum Gasteiger partial charge on any atom is -0.459 e. The molecule has 1 amide bonds. The maximum absolute atomic E-state index is 12.3. The van der Waals surface area contributed by atoms with Crippen LogP contribution in [0.5, 0.6) is 0 Å². The molecule has 5 nitrogen and oxygen atoms in total. The van der Waals surface area contributed by atoms with Gasteiger partial charge < -0.3 is 4.74 Å². The molecule has 0 saturated carbocycles. The predicted molar refractivity (Wildman–Crippen MR) is 99.3 cm³/mol. The SMILES string of the molecule is Cc1cccc(C(=O)Nc2nc3ccc(C(=O)OC(C)C)cc3s2)c1. The number of aryl methyl sites for hydroxylation is 1. The molecule has 0 fully saturated rings. The van der Waals surface area contributed by atoms with Crippen molar-refractivity contribution in [1.29, 1.82) is 0 Å². The van der Waals surface area contributed by atoms with Crippen molar-refractivity contribution < 1.29 is 14.3 Å². The molecule has 0 aliphatic heterocycles. The number of hydrogen-bond donors (Lipinski definition) is 1. The van der Waals surface area contributed by atoms with Gasteiger partial charge in [0.2, 0.25) is 0 Å². The summed E-state index contributed by atoms with van der Waals surface area (Å²) in [5.74, 6) is -0.571. The number of thiazole rings is 1. The minimum atomic E-state index is -0.365. The number of nitrogens with zero attached hydrogens (tertiary/aromatic N) is 1. The average Bonchev–Trinajstić information content (AvgIpc) is 2.95. The molecular weight excluding hydrogens is 336 g/mol. The van der Waals surface area contributed by atoms with E-state index in [1.165, 1.54) is 11.3 Å². The number of nitrogens with one attached hydrogen (secondary N) is 1. The molecule has 25 heavy (non-hydrogen) atoms. The highest BCUT2D eigenvalue weighted by molar-refractivity contribution is 7.22. The summed E-state index contributed by atoms with van der Waals surface area (Å²) in [6, 6.07) is 12.5. The zero-order chi connectivity index (χ0) is 18.0. The highest BCUT2D eigenvalue weighted by atomic mass is 32.1. The number of ether oxygens (including phenoxy) is 1. The first-order chi connectivity index (χ1) is 11.9. The molecule has 6 heteroatoms. The molecule has 0 atom stereocenters. The Hall–Kier alpha value is -2.73. The number of anilines is 1. The Labute approximate surface area is 149 Å². The molecule has 0 aliphatic carbocycles. The normalized spacial score (nSPS) is 10.9. The van der Waals surface area contributed by atoms with Gasteiger partial charge >= 0.3 is 5.97 Å². The van der Waals surface area contributed by atoms with Gasteiger partial charge in [-0.1, -0.05) is 29.0 Å². The average molecular weight is 354 g/mol. The first-order valence-electron chi connectivity index (χ1n) is 7.92. The van der Waals surface area contributed by atoms with Crippen LogP contribution in [0, 0.1) is 6.92 Å². The molecule has 3 aromatic rings. The molecule has 0 bridgehead atoms. The summed E-state index contributed by atoms with van der Waals surface area (Å²) in [6.07, 6.45) is -0.172.